The summed E-state index contributed by atoms with van der Waals surface area (Å²) in [6.45, 7) is 0. The first kappa shape index (κ1) is 12.7. The van der Waals surface area contributed by atoms with E-state index in [4.69, 9.17) is 10.00 Å². The summed E-state index contributed by atoms with van der Waals surface area (Å²) in [4.78, 5) is 4.25. The molecule has 2 rings (SSSR count). The van der Waals surface area contributed by atoms with Gasteiger partial charge >= 0.3 is 0 Å². The van der Waals surface area contributed by atoms with Crippen molar-refractivity contribution in [3.63, 3.8) is 0 Å². The molecule has 4 heteroatoms. The van der Waals surface area contributed by atoms with E-state index in [9.17, 15) is 5.11 Å². The number of hydrogen-bond donors (Lipinski definition) is 1. The predicted octanol–water partition coefficient (Wildman–Crippen LogP) is 3.02. The average molecular weight is 252 g/mol. The molecule has 0 spiro atoms. The maximum Gasteiger partial charge on any atom is 0.160 e. The molecule has 0 aliphatic rings. The second kappa shape index (κ2) is 5.69. The fourth-order valence-electron chi connectivity index (χ4n) is 1.59. The molecule has 0 fully saturated rings. The Labute approximate surface area is 111 Å². The highest BCUT2D eigenvalue weighted by molar-refractivity contribution is 5.83. The van der Waals surface area contributed by atoms with Gasteiger partial charge in [-0.25, -0.2) is 0 Å². The Hall–Kier alpha value is -2.80. The molecule has 0 saturated heterocycles. The quantitative estimate of drug-likeness (QED) is 0.854. The molecule has 19 heavy (non-hydrogen) atoms. The number of hydrogen-bond acceptors (Lipinski definition) is 4. The summed E-state index contributed by atoms with van der Waals surface area (Å²) in [5.41, 5.74) is 2.00. The summed E-state index contributed by atoms with van der Waals surface area (Å²) in [6, 6.07) is 14.1. The van der Waals surface area contributed by atoms with Crippen LogP contribution in [0, 0.1) is 11.3 Å². The Morgan fingerprint density at radius 3 is 2.79 bits per heavy atom. The Bertz CT molecular complexity index is 657. The lowest BCUT2D eigenvalue weighted by molar-refractivity contribution is 0.373. The number of aliphatic imine (C=N–C) groups is 1. The molecule has 1 N–H and O–H groups in total. The van der Waals surface area contributed by atoms with E-state index in [1.165, 1.54) is 7.11 Å². The summed E-state index contributed by atoms with van der Waals surface area (Å²) < 4.78 is 4.96. The van der Waals surface area contributed by atoms with E-state index in [0.29, 0.717) is 17.0 Å². The molecule has 94 valence electrons. The van der Waals surface area contributed by atoms with E-state index >= 15 is 0 Å². The second-order valence-corrected chi connectivity index (χ2v) is 3.85. The third kappa shape index (κ3) is 3.11. The van der Waals surface area contributed by atoms with Crippen molar-refractivity contribution in [1.82, 2.24) is 0 Å². The minimum Gasteiger partial charge on any atom is -0.504 e. The van der Waals surface area contributed by atoms with Crippen LogP contribution < -0.4 is 4.74 Å². The first-order valence-electron chi connectivity index (χ1n) is 5.64. The molecule has 2 aromatic carbocycles. The van der Waals surface area contributed by atoms with Gasteiger partial charge in [0.25, 0.3) is 0 Å². The first-order valence-corrected chi connectivity index (χ1v) is 5.64. The van der Waals surface area contributed by atoms with Crippen LogP contribution in [0.4, 0.5) is 5.69 Å². The molecular formula is C15H12N2O2. The van der Waals surface area contributed by atoms with E-state index in [2.05, 4.69) is 11.1 Å². The van der Waals surface area contributed by atoms with Crippen LogP contribution in [0.25, 0.3) is 0 Å². The number of nitrogens with zero attached hydrogens (tertiary/aromatic N) is 2. The molecule has 4 nitrogen and oxygen atoms in total. The SMILES string of the molecule is COc1ccc(C=Nc2cccc(C#N)c2)cc1O. The molecule has 0 heterocycles. The number of aromatic hydroxyl groups is 1. The Morgan fingerprint density at radius 1 is 1.26 bits per heavy atom. The van der Waals surface area contributed by atoms with Gasteiger partial charge < -0.3 is 9.84 Å². The van der Waals surface area contributed by atoms with Crippen molar-refractivity contribution in [2.45, 2.75) is 0 Å². The van der Waals surface area contributed by atoms with Gasteiger partial charge in [0.1, 0.15) is 0 Å². The van der Waals surface area contributed by atoms with Crippen molar-refractivity contribution in [3.05, 3.63) is 53.6 Å². The lowest BCUT2D eigenvalue weighted by Gasteiger charge is -2.03. The van der Waals surface area contributed by atoms with Crippen molar-refractivity contribution in [2.24, 2.45) is 4.99 Å². The van der Waals surface area contributed by atoms with Crippen LogP contribution in [0.5, 0.6) is 11.5 Å². The number of methoxy groups -OCH3 is 1. The second-order valence-electron chi connectivity index (χ2n) is 3.85. The van der Waals surface area contributed by atoms with E-state index < -0.39 is 0 Å². The Kier molecular flexibility index (Phi) is 3.79. The van der Waals surface area contributed by atoms with Crippen LogP contribution in [0.1, 0.15) is 11.1 Å². The van der Waals surface area contributed by atoms with Gasteiger partial charge in [-0.3, -0.25) is 4.99 Å². The van der Waals surface area contributed by atoms with Crippen LogP contribution in [-0.2, 0) is 0 Å². The van der Waals surface area contributed by atoms with Crippen molar-refractivity contribution in [2.75, 3.05) is 7.11 Å². The first-order chi connectivity index (χ1) is 9.22. The van der Waals surface area contributed by atoms with Gasteiger partial charge in [0.2, 0.25) is 0 Å². The van der Waals surface area contributed by atoms with Gasteiger partial charge in [-0.15, -0.1) is 0 Å². The maximum atomic E-state index is 9.64. The number of rotatable bonds is 3. The molecule has 0 aromatic heterocycles. The minimum absolute atomic E-state index is 0.0669. The van der Waals surface area contributed by atoms with Gasteiger partial charge in [-0.2, -0.15) is 5.26 Å². The van der Waals surface area contributed by atoms with Crippen molar-refractivity contribution in [3.8, 4) is 17.6 Å². The number of phenols is 1. The smallest absolute Gasteiger partial charge is 0.160 e. The summed E-state index contributed by atoms with van der Waals surface area (Å²) >= 11 is 0. The standard InChI is InChI=1S/C15H12N2O2/c1-19-15-6-5-12(8-14(15)18)10-17-13-4-2-3-11(7-13)9-16/h2-8,10,18H,1H3. The topological polar surface area (TPSA) is 65.6 Å². The molecule has 0 unspecified atom stereocenters. The van der Waals surface area contributed by atoms with Crippen LogP contribution >= 0.6 is 0 Å². The molecule has 0 aliphatic carbocycles. The summed E-state index contributed by atoms with van der Waals surface area (Å²) in [5.74, 6) is 0.487. The highest BCUT2D eigenvalue weighted by atomic mass is 16.5. The van der Waals surface area contributed by atoms with Crippen LogP contribution in [0.2, 0.25) is 0 Å². The molecular weight excluding hydrogens is 240 g/mol. The fraction of sp³-hybridized carbons (Fsp3) is 0.0667. The lowest BCUT2D eigenvalue weighted by Crippen LogP contribution is -1.86. The molecule has 0 bridgehead atoms. The maximum absolute atomic E-state index is 9.64. The zero-order chi connectivity index (χ0) is 13.7. The minimum atomic E-state index is 0.0669. The van der Waals surface area contributed by atoms with Crippen molar-refractivity contribution < 1.29 is 9.84 Å². The van der Waals surface area contributed by atoms with Gasteiger partial charge in [0, 0.05) is 6.21 Å². The predicted molar refractivity (Wildman–Crippen MR) is 73.1 cm³/mol. The molecule has 0 saturated carbocycles. The van der Waals surface area contributed by atoms with Crippen LogP contribution in [-0.4, -0.2) is 18.4 Å². The van der Waals surface area contributed by atoms with E-state index in [1.807, 2.05) is 0 Å². The van der Waals surface area contributed by atoms with Crippen LogP contribution in [0.15, 0.2) is 47.5 Å². The van der Waals surface area contributed by atoms with Gasteiger partial charge in [-0.1, -0.05) is 6.07 Å². The third-order valence-corrected chi connectivity index (χ3v) is 2.54. The average Bonchev–Trinajstić information content (AvgIpc) is 2.45. The fourth-order valence-corrected chi connectivity index (χ4v) is 1.59. The largest absolute Gasteiger partial charge is 0.504 e. The third-order valence-electron chi connectivity index (χ3n) is 2.54. The highest BCUT2D eigenvalue weighted by Crippen LogP contribution is 2.25. The monoisotopic (exact) mass is 252 g/mol. The van der Waals surface area contributed by atoms with Gasteiger partial charge in [-0.05, 0) is 42.0 Å². The molecule has 2 aromatic rings. The molecule has 0 amide bonds. The lowest BCUT2D eigenvalue weighted by atomic mass is 10.2. The number of benzene rings is 2. The van der Waals surface area contributed by atoms with E-state index in [-0.39, 0.29) is 5.75 Å². The number of nitriles is 1. The van der Waals surface area contributed by atoms with Crippen molar-refractivity contribution in [1.29, 1.82) is 5.26 Å². The van der Waals surface area contributed by atoms with Gasteiger partial charge in [0.15, 0.2) is 11.5 Å². The zero-order valence-electron chi connectivity index (χ0n) is 10.4. The summed E-state index contributed by atoms with van der Waals surface area (Å²) in [5, 5.41) is 18.4. The van der Waals surface area contributed by atoms with E-state index in [0.717, 1.165) is 5.56 Å². The van der Waals surface area contributed by atoms with Crippen molar-refractivity contribution >= 4 is 11.9 Å². The molecule has 0 atom stereocenters. The van der Waals surface area contributed by atoms with E-state index in [1.54, 1.807) is 48.7 Å². The number of ether oxygens (including phenoxy) is 1. The molecule has 0 aliphatic heterocycles. The molecule has 0 radical (unpaired) electrons. The van der Waals surface area contributed by atoms with Gasteiger partial charge in [0.05, 0.1) is 24.4 Å². The zero-order valence-corrected chi connectivity index (χ0v) is 10.4. The Morgan fingerprint density at radius 2 is 2.11 bits per heavy atom. The number of phenolic OH excluding ortho intramolecular Hbond substituents is 1. The van der Waals surface area contributed by atoms with Crippen LogP contribution in [0.3, 0.4) is 0 Å². The normalized spacial score (nSPS) is 10.3. The Balaban J connectivity index is 2.23. The summed E-state index contributed by atoms with van der Waals surface area (Å²) in [7, 11) is 1.50. The summed E-state index contributed by atoms with van der Waals surface area (Å²) in [6.07, 6.45) is 1.62. The highest BCUT2D eigenvalue weighted by Gasteiger charge is 2.00.